The van der Waals surface area contributed by atoms with Gasteiger partial charge in [0.15, 0.2) is 0 Å². The molecule has 1 saturated carbocycles. The fourth-order valence-electron chi connectivity index (χ4n) is 2.64. The molecule has 1 saturated heterocycles. The van der Waals surface area contributed by atoms with Crippen molar-refractivity contribution in [3.05, 3.63) is 0 Å². The maximum atomic E-state index is 13.0. The molecule has 2 aliphatic rings. The highest BCUT2D eigenvalue weighted by Gasteiger charge is 2.49. The van der Waals surface area contributed by atoms with Crippen molar-refractivity contribution in [3.8, 4) is 0 Å². The molecule has 0 spiro atoms. The molecule has 1 aliphatic carbocycles. The van der Waals surface area contributed by atoms with Crippen LogP contribution in [0.15, 0.2) is 0 Å². The number of nitrogens with one attached hydrogen (secondary N) is 1. The van der Waals surface area contributed by atoms with Gasteiger partial charge in [-0.2, -0.15) is 13.2 Å². The van der Waals surface area contributed by atoms with Gasteiger partial charge in [0.2, 0.25) is 0 Å². The van der Waals surface area contributed by atoms with Gasteiger partial charge in [-0.25, -0.2) is 4.79 Å². The largest absolute Gasteiger partial charge is 0.444 e. The molecule has 2 fully saturated rings. The number of halogens is 3. The van der Waals surface area contributed by atoms with E-state index >= 15 is 0 Å². The summed E-state index contributed by atoms with van der Waals surface area (Å²) in [4.78, 5) is 13.7. The first kappa shape index (κ1) is 16.4. The van der Waals surface area contributed by atoms with Gasteiger partial charge in [0.1, 0.15) is 5.60 Å². The second kappa shape index (κ2) is 5.66. The molecule has 0 radical (unpaired) electrons. The maximum Gasteiger partial charge on any atom is 0.410 e. The lowest BCUT2D eigenvalue weighted by Gasteiger charge is -2.31. The van der Waals surface area contributed by atoms with Gasteiger partial charge < -0.3 is 15.0 Å². The minimum atomic E-state index is -4.22. The summed E-state index contributed by atoms with van der Waals surface area (Å²) >= 11 is 0. The van der Waals surface area contributed by atoms with Gasteiger partial charge in [-0.3, -0.25) is 0 Å². The Morgan fingerprint density at radius 3 is 2.33 bits per heavy atom. The fraction of sp³-hybridized carbons (Fsp3) is 0.929. The maximum absolute atomic E-state index is 13.0. The zero-order valence-corrected chi connectivity index (χ0v) is 12.7. The molecule has 2 atom stereocenters. The molecule has 2 rings (SSSR count). The van der Waals surface area contributed by atoms with E-state index in [-0.39, 0.29) is 25.7 Å². The summed E-state index contributed by atoms with van der Waals surface area (Å²) in [5, 5.41) is 2.78. The first-order chi connectivity index (χ1) is 9.58. The molecular weight excluding hydrogens is 285 g/mol. The smallest absolute Gasteiger partial charge is 0.410 e. The number of nitrogens with zero attached hydrogens (tertiary/aromatic N) is 1. The quantitative estimate of drug-likeness (QED) is 0.871. The normalized spacial score (nSPS) is 26.8. The van der Waals surface area contributed by atoms with E-state index in [4.69, 9.17) is 4.74 Å². The Kier molecular flexibility index (Phi) is 4.42. The minimum Gasteiger partial charge on any atom is -0.444 e. The van der Waals surface area contributed by atoms with Crippen molar-refractivity contribution in [2.45, 2.75) is 51.4 Å². The van der Waals surface area contributed by atoms with Gasteiger partial charge >= 0.3 is 12.3 Å². The van der Waals surface area contributed by atoms with E-state index in [9.17, 15) is 18.0 Å². The molecule has 1 aliphatic heterocycles. The van der Waals surface area contributed by atoms with E-state index in [0.29, 0.717) is 0 Å². The highest BCUT2D eigenvalue weighted by Crippen LogP contribution is 2.37. The number of alkyl halides is 3. The van der Waals surface area contributed by atoms with Gasteiger partial charge in [-0.1, -0.05) is 0 Å². The van der Waals surface area contributed by atoms with E-state index in [0.717, 1.165) is 12.8 Å². The van der Waals surface area contributed by atoms with Crippen LogP contribution in [-0.4, -0.2) is 48.4 Å². The highest BCUT2D eigenvalue weighted by atomic mass is 19.4. The molecular formula is C14H23F3N2O2. The van der Waals surface area contributed by atoms with Crippen LogP contribution in [0.4, 0.5) is 18.0 Å². The number of ether oxygens (including phenoxy) is 1. The van der Waals surface area contributed by atoms with Crippen LogP contribution in [0.1, 0.15) is 33.6 Å². The fourth-order valence-corrected chi connectivity index (χ4v) is 2.64. The minimum absolute atomic E-state index is 0.0364. The van der Waals surface area contributed by atoms with Crippen LogP contribution in [0.2, 0.25) is 0 Å². The van der Waals surface area contributed by atoms with Crippen molar-refractivity contribution in [3.63, 3.8) is 0 Å². The molecule has 0 aromatic rings. The molecule has 1 N–H and O–H groups in total. The highest BCUT2D eigenvalue weighted by molar-refractivity contribution is 5.69. The van der Waals surface area contributed by atoms with Gasteiger partial charge in [0, 0.05) is 31.6 Å². The van der Waals surface area contributed by atoms with E-state index < -0.39 is 29.7 Å². The van der Waals surface area contributed by atoms with Crippen molar-refractivity contribution >= 4 is 6.09 Å². The lowest BCUT2D eigenvalue weighted by atomic mass is 9.95. The summed E-state index contributed by atoms with van der Waals surface area (Å²) in [6.07, 6.45) is -3.04. The van der Waals surface area contributed by atoms with Gasteiger partial charge in [0.25, 0.3) is 0 Å². The third kappa shape index (κ3) is 4.49. The van der Waals surface area contributed by atoms with Crippen LogP contribution in [0.5, 0.6) is 0 Å². The van der Waals surface area contributed by atoms with Crippen molar-refractivity contribution in [1.29, 1.82) is 0 Å². The summed E-state index contributed by atoms with van der Waals surface area (Å²) in [7, 11) is 0. The first-order valence-electron chi connectivity index (χ1n) is 7.35. The number of rotatable bonds is 3. The van der Waals surface area contributed by atoms with Crippen LogP contribution < -0.4 is 5.32 Å². The second-order valence-electron chi connectivity index (χ2n) is 6.93. The average molecular weight is 308 g/mol. The Labute approximate surface area is 123 Å². The Balaban J connectivity index is 2.01. The van der Waals surface area contributed by atoms with Crippen molar-refractivity contribution in [2.24, 2.45) is 11.8 Å². The number of carbonyl (C=O) groups excluding carboxylic acids is 1. The second-order valence-corrected chi connectivity index (χ2v) is 6.93. The number of hydrogen-bond donors (Lipinski definition) is 1. The summed E-state index contributed by atoms with van der Waals surface area (Å²) in [5.74, 6) is -1.99. The number of hydrogen-bond acceptors (Lipinski definition) is 3. The van der Waals surface area contributed by atoms with Crippen molar-refractivity contribution in [1.82, 2.24) is 10.2 Å². The standard InChI is InChI=1S/C14H23F3N2O2/c1-13(2,3)21-12(20)19(10-4-5-10)8-9-6-18-7-11(9)14(15,16)17/h9-11,18H,4-8H2,1-3H3/t9-,11+/m1/s1. The van der Waals surface area contributed by atoms with Gasteiger partial charge in [-0.05, 0) is 33.6 Å². The van der Waals surface area contributed by atoms with Crippen molar-refractivity contribution < 1.29 is 22.7 Å². The van der Waals surface area contributed by atoms with Crippen LogP contribution in [0.25, 0.3) is 0 Å². The molecule has 0 unspecified atom stereocenters. The molecule has 122 valence electrons. The Morgan fingerprint density at radius 2 is 1.86 bits per heavy atom. The summed E-state index contributed by atoms with van der Waals surface area (Å²) < 4.78 is 44.2. The molecule has 21 heavy (non-hydrogen) atoms. The third-order valence-electron chi connectivity index (χ3n) is 3.81. The van der Waals surface area contributed by atoms with E-state index in [2.05, 4.69) is 5.32 Å². The zero-order valence-electron chi connectivity index (χ0n) is 12.7. The Morgan fingerprint density at radius 1 is 1.24 bits per heavy atom. The molecule has 1 amide bonds. The van der Waals surface area contributed by atoms with Gasteiger partial charge in [0.05, 0.1) is 5.92 Å². The average Bonchev–Trinajstić information content (AvgIpc) is 3.00. The summed E-state index contributed by atoms with van der Waals surface area (Å²) in [6.45, 7) is 5.59. The third-order valence-corrected chi connectivity index (χ3v) is 3.81. The molecule has 0 aromatic heterocycles. The first-order valence-corrected chi connectivity index (χ1v) is 7.35. The summed E-state index contributed by atoms with van der Waals surface area (Å²) in [5.41, 5.74) is -0.637. The van der Waals surface area contributed by atoms with Crippen LogP contribution in [0.3, 0.4) is 0 Å². The topological polar surface area (TPSA) is 41.6 Å². The van der Waals surface area contributed by atoms with Crippen LogP contribution >= 0.6 is 0 Å². The summed E-state index contributed by atoms with van der Waals surface area (Å²) in [6, 6.07) is 0.0364. The zero-order chi connectivity index (χ0) is 15.8. The monoisotopic (exact) mass is 308 g/mol. The number of carbonyl (C=O) groups is 1. The lowest BCUT2D eigenvalue weighted by Crippen LogP contribution is -2.44. The SMILES string of the molecule is CC(C)(C)OC(=O)N(C[C@H]1CNC[C@@H]1C(F)(F)F)C1CC1. The molecule has 0 bridgehead atoms. The van der Waals surface area contributed by atoms with Crippen LogP contribution in [0, 0.1) is 11.8 Å². The van der Waals surface area contributed by atoms with E-state index in [1.54, 1.807) is 20.8 Å². The van der Waals surface area contributed by atoms with Gasteiger partial charge in [-0.15, -0.1) is 0 Å². The molecule has 4 nitrogen and oxygen atoms in total. The molecule has 1 heterocycles. The molecule has 0 aromatic carbocycles. The molecule has 7 heteroatoms. The lowest BCUT2D eigenvalue weighted by molar-refractivity contribution is -0.180. The Hall–Kier alpha value is -0.980. The van der Waals surface area contributed by atoms with Crippen molar-refractivity contribution in [2.75, 3.05) is 19.6 Å². The van der Waals surface area contributed by atoms with Crippen LogP contribution in [-0.2, 0) is 4.74 Å². The predicted octanol–water partition coefficient (Wildman–Crippen LogP) is 2.78. The number of amides is 1. The van der Waals surface area contributed by atoms with E-state index in [1.165, 1.54) is 4.90 Å². The predicted molar refractivity (Wildman–Crippen MR) is 71.9 cm³/mol. The Bertz CT molecular complexity index is 389. The van der Waals surface area contributed by atoms with E-state index in [1.807, 2.05) is 0 Å².